The Labute approximate surface area is 115 Å². The molecule has 0 aliphatic carbocycles. The van der Waals surface area contributed by atoms with Crippen LogP contribution in [0.25, 0.3) is 0 Å². The Kier molecular flexibility index (Phi) is 5.25. The normalized spacial score (nSPS) is 18.9. The highest BCUT2D eigenvalue weighted by Crippen LogP contribution is 2.14. The van der Waals surface area contributed by atoms with Crippen LogP contribution in [0.1, 0.15) is 10.4 Å². The predicted octanol–water partition coefficient (Wildman–Crippen LogP) is 1.01. The maximum atomic E-state index is 12.0. The predicted molar refractivity (Wildman–Crippen MR) is 68.0 cm³/mol. The number of ether oxygens (including phenoxy) is 2. The highest BCUT2D eigenvalue weighted by molar-refractivity contribution is 5.94. The quantitative estimate of drug-likeness (QED) is 0.848. The first-order valence-corrected chi connectivity index (χ1v) is 6.30. The molecule has 1 unspecified atom stereocenters. The standard InChI is InChI=1S/C13H16F2N2O3/c14-13(15)20-10-3-1-9(2-4-10)12(18)17-8-11-7-16-5-6-19-11/h1-4,11,13,16H,5-8H2,(H,17,18). The number of carbonyl (C=O) groups is 1. The van der Waals surface area contributed by atoms with Gasteiger partial charge in [-0.15, -0.1) is 0 Å². The third-order valence-corrected chi connectivity index (χ3v) is 2.84. The van der Waals surface area contributed by atoms with E-state index in [1.807, 2.05) is 0 Å². The molecular weight excluding hydrogens is 270 g/mol. The van der Waals surface area contributed by atoms with Gasteiger partial charge in [-0.3, -0.25) is 4.79 Å². The van der Waals surface area contributed by atoms with Crippen LogP contribution in [0, 0.1) is 0 Å². The number of hydrogen-bond acceptors (Lipinski definition) is 4. The lowest BCUT2D eigenvalue weighted by molar-refractivity contribution is -0.0498. The van der Waals surface area contributed by atoms with Crippen molar-refractivity contribution in [3.8, 4) is 5.75 Å². The van der Waals surface area contributed by atoms with Crippen molar-refractivity contribution in [3.05, 3.63) is 29.8 Å². The zero-order valence-corrected chi connectivity index (χ0v) is 10.8. The van der Waals surface area contributed by atoms with E-state index < -0.39 is 6.61 Å². The molecule has 1 amide bonds. The Hall–Kier alpha value is -1.73. The van der Waals surface area contributed by atoms with Gasteiger partial charge in [-0.2, -0.15) is 8.78 Å². The monoisotopic (exact) mass is 286 g/mol. The SMILES string of the molecule is O=C(NCC1CNCCO1)c1ccc(OC(F)F)cc1. The molecule has 1 aromatic carbocycles. The fourth-order valence-corrected chi connectivity index (χ4v) is 1.85. The molecule has 1 fully saturated rings. The van der Waals surface area contributed by atoms with Crippen LogP contribution < -0.4 is 15.4 Å². The first-order chi connectivity index (χ1) is 9.65. The van der Waals surface area contributed by atoms with Crippen molar-refractivity contribution >= 4 is 5.91 Å². The minimum atomic E-state index is -2.87. The van der Waals surface area contributed by atoms with Crippen LogP contribution in [0.2, 0.25) is 0 Å². The van der Waals surface area contributed by atoms with Crippen LogP contribution >= 0.6 is 0 Å². The Bertz CT molecular complexity index is 434. The minimum absolute atomic E-state index is 0.0244. The third-order valence-electron chi connectivity index (χ3n) is 2.84. The topological polar surface area (TPSA) is 59.6 Å². The smallest absolute Gasteiger partial charge is 0.387 e. The maximum Gasteiger partial charge on any atom is 0.387 e. The highest BCUT2D eigenvalue weighted by atomic mass is 19.3. The lowest BCUT2D eigenvalue weighted by Crippen LogP contribution is -2.45. The van der Waals surface area contributed by atoms with E-state index >= 15 is 0 Å². The van der Waals surface area contributed by atoms with Crippen LogP contribution in [-0.2, 0) is 4.74 Å². The number of benzene rings is 1. The van der Waals surface area contributed by atoms with E-state index in [1.54, 1.807) is 0 Å². The van der Waals surface area contributed by atoms with Crippen LogP contribution in [-0.4, -0.2) is 44.9 Å². The molecule has 0 saturated carbocycles. The second-order valence-electron chi connectivity index (χ2n) is 4.31. The molecular formula is C13H16F2N2O3. The van der Waals surface area contributed by atoms with Gasteiger partial charge in [0.05, 0.1) is 12.7 Å². The summed E-state index contributed by atoms with van der Waals surface area (Å²) in [4.78, 5) is 11.8. The fourth-order valence-electron chi connectivity index (χ4n) is 1.85. The van der Waals surface area contributed by atoms with Gasteiger partial charge >= 0.3 is 6.61 Å². The summed E-state index contributed by atoms with van der Waals surface area (Å²) in [6.45, 7) is -0.329. The molecule has 2 N–H and O–H groups in total. The largest absolute Gasteiger partial charge is 0.435 e. The zero-order chi connectivity index (χ0) is 14.4. The van der Waals surface area contributed by atoms with Gasteiger partial charge in [-0.05, 0) is 24.3 Å². The molecule has 20 heavy (non-hydrogen) atoms. The molecule has 1 aromatic rings. The van der Waals surface area contributed by atoms with Crippen molar-refractivity contribution in [2.45, 2.75) is 12.7 Å². The third kappa shape index (κ3) is 4.43. The molecule has 1 heterocycles. The molecule has 1 saturated heterocycles. The van der Waals surface area contributed by atoms with E-state index in [0.717, 1.165) is 6.54 Å². The van der Waals surface area contributed by atoms with Gasteiger partial charge < -0.3 is 20.1 Å². The van der Waals surface area contributed by atoms with Crippen LogP contribution in [0.4, 0.5) is 8.78 Å². The van der Waals surface area contributed by atoms with E-state index in [0.29, 0.717) is 25.3 Å². The second kappa shape index (κ2) is 7.16. The van der Waals surface area contributed by atoms with E-state index in [2.05, 4.69) is 15.4 Å². The highest BCUT2D eigenvalue weighted by Gasteiger charge is 2.15. The molecule has 0 bridgehead atoms. The molecule has 110 valence electrons. The van der Waals surface area contributed by atoms with Gasteiger partial charge in [0.15, 0.2) is 0 Å². The molecule has 5 nitrogen and oxygen atoms in total. The zero-order valence-electron chi connectivity index (χ0n) is 10.8. The summed E-state index contributed by atoms with van der Waals surface area (Å²) in [6.07, 6.45) is -0.0471. The van der Waals surface area contributed by atoms with Gasteiger partial charge in [-0.1, -0.05) is 0 Å². The lowest BCUT2D eigenvalue weighted by Gasteiger charge is -2.23. The molecule has 1 aliphatic rings. The number of halogens is 2. The van der Waals surface area contributed by atoms with Crippen LogP contribution in [0.15, 0.2) is 24.3 Å². The summed E-state index contributed by atoms with van der Waals surface area (Å²) in [5.74, 6) is -0.251. The van der Waals surface area contributed by atoms with Crippen molar-refractivity contribution in [1.82, 2.24) is 10.6 Å². The molecule has 0 aromatic heterocycles. The van der Waals surface area contributed by atoms with E-state index in [9.17, 15) is 13.6 Å². The Morgan fingerprint density at radius 3 is 2.80 bits per heavy atom. The van der Waals surface area contributed by atoms with Crippen molar-refractivity contribution in [1.29, 1.82) is 0 Å². The van der Waals surface area contributed by atoms with Crippen molar-refractivity contribution in [2.24, 2.45) is 0 Å². The average Bonchev–Trinajstić information content (AvgIpc) is 2.46. The van der Waals surface area contributed by atoms with E-state index in [-0.39, 0.29) is 17.8 Å². The number of alkyl halides is 2. The maximum absolute atomic E-state index is 12.0. The summed E-state index contributed by atoms with van der Waals surface area (Å²) < 4.78 is 33.6. The van der Waals surface area contributed by atoms with Crippen molar-refractivity contribution < 1.29 is 23.0 Å². The lowest BCUT2D eigenvalue weighted by atomic mass is 10.2. The molecule has 2 rings (SSSR count). The number of carbonyl (C=O) groups excluding carboxylic acids is 1. The Morgan fingerprint density at radius 1 is 1.45 bits per heavy atom. The van der Waals surface area contributed by atoms with Crippen LogP contribution in [0.3, 0.4) is 0 Å². The number of morpholine rings is 1. The van der Waals surface area contributed by atoms with Gasteiger partial charge in [0.2, 0.25) is 0 Å². The van der Waals surface area contributed by atoms with Crippen molar-refractivity contribution in [3.63, 3.8) is 0 Å². The molecule has 1 atom stereocenters. The summed E-state index contributed by atoms with van der Waals surface area (Å²) in [7, 11) is 0. The van der Waals surface area contributed by atoms with E-state index in [4.69, 9.17) is 4.74 Å². The van der Waals surface area contributed by atoms with E-state index in [1.165, 1.54) is 24.3 Å². The van der Waals surface area contributed by atoms with Gasteiger partial charge in [0, 0.05) is 25.2 Å². The molecule has 7 heteroatoms. The first kappa shape index (κ1) is 14.7. The fraction of sp³-hybridized carbons (Fsp3) is 0.462. The molecule has 0 radical (unpaired) electrons. The van der Waals surface area contributed by atoms with Gasteiger partial charge in [-0.25, -0.2) is 0 Å². The summed E-state index contributed by atoms with van der Waals surface area (Å²) in [5.41, 5.74) is 0.385. The second-order valence-corrected chi connectivity index (χ2v) is 4.31. The van der Waals surface area contributed by atoms with Gasteiger partial charge in [0.25, 0.3) is 5.91 Å². The minimum Gasteiger partial charge on any atom is -0.435 e. The van der Waals surface area contributed by atoms with Gasteiger partial charge in [0.1, 0.15) is 5.75 Å². The summed E-state index contributed by atoms with van der Waals surface area (Å²) in [5, 5.41) is 5.90. The number of nitrogens with one attached hydrogen (secondary N) is 2. The van der Waals surface area contributed by atoms with Crippen LogP contribution in [0.5, 0.6) is 5.75 Å². The summed E-state index contributed by atoms with van der Waals surface area (Å²) >= 11 is 0. The number of rotatable bonds is 5. The molecule has 1 aliphatic heterocycles. The average molecular weight is 286 g/mol. The first-order valence-electron chi connectivity index (χ1n) is 6.30. The Balaban J connectivity index is 1.82. The summed E-state index contributed by atoms with van der Waals surface area (Å²) in [6, 6.07) is 5.54. The number of hydrogen-bond donors (Lipinski definition) is 2. The number of amides is 1. The molecule has 0 spiro atoms. The van der Waals surface area contributed by atoms with Crippen molar-refractivity contribution in [2.75, 3.05) is 26.2 Å². The Morgan fingerprint density at radius 2 is 2.20 bits per heavy atom.